The van der Waals surface area contributed by atoms with Crippen LogP contribution >= 0.6 is 0 Å². The number of aryl methyl sites for hydroxylation is 1. The number of hydrogen-bond acceptors (Lipinski definition) is 4. The highest BCUT2D eigenvalue weighted by molar-refractivity contribution is 5.77. The van der Waals surface area contributed by atoms with Gasteiger partial charge in [-0.25, -0.2) is 0 Å². The average molecular weight is 222 g/mol. The first-order valence-corrected chi connectivity index (χ1v) is 5.21. The summed E-state index contributed by atoms with van der Waals surface area (Å²) in [6.45, 7) is 4.03. The van der Waals surface area contributed by atoms with E-state index in [1.807, 2.05) is 13.0 Å². The fourth-order valence-electron chi connectivity index (χ4n) is 1.64. The molecule has 1 atom stereocenters. The Morgan fingerprint density at radius 1 is 1.56 bits per heavy atom. The Labute approximate surface area is 95.8 Å². The zero-order chi connectivity index (χ0) is 12.2. The smallest absolute Gasteiger partial charge is 0.313 e. The highest BCUT2D eigenvalue weighted by Crippen LogP contribution is 2.22. The molecule has 0 fully saturated rings. The second-order valence-corrected chi connectivity index (χ2v) is 4.30. The summed E-state index contributed by atoms with van der Waals surface area (Å²) in [5, 5.41) is 0. The monoisotopic (exact) mass is 222 g/mol. The third kappa shape index (κ3) is 2.79. The predicted molar refractivity (Wildman–Crippen MR) is 61.9 cm³/mol. The summed E-state index contributed by atoms with van der Waals surface area (Å²) < 4.78 is 4.77. The van der Waals surface area contributed by atoms with E-state index in [4.69, 9.17) is 10.5 Å². The molecule has 16 heavy (non-hydrogen) atoms. The molecule has 0 radical (unpaired) electrons. The molecule has 1 aromatic rings. The van der Waals surface area contributed by atoms with Gasteiger partial charge in [-0.1, -0.05) is 6.07 Å². The average Bonchev–Trinajstić information content (AvgIpc) is 2.27. The first-order valence-electron chi connectivity index (χ1n) is 5.21. The van der Waals surface area contributed by atoms with Gasteiger partial charge in [-0.3, -0.25) is 9.78 Å². The lowest BCUT2D eigenvalue weighted by Gasteiger charge is -2.24. The Hall–Kier alpha value is -1.42. The molecule has 0 amide bonds. The van der Waals surface area contributed by atoms with Gasteiger partial charge in [-0.05, 0) is 31.4 Å². The minimum Gasteiger partial charge on any atom is -0.469 e. The molecule has 4 heteroatoms. The Kier molecular flexibility index (Phi) is 4.01. The zero-order valence-corrected chi connectivity index (χ0v) is 9.99. The van der Waals surface area contributed by atoms with E-state index in [0.717, 1.165) is 11.1 Å². The molecular formula is C12H18N2O2. The van der Waals surface area contributed by atoms with Crippen molar-refractivity contribution in [3.63, 3.8) is 0 Å². The van der Waals surface area contributed by atoms with Gasteiger partial charge >= 0.3 is 5.97 Å². The predicted octanol–water partition coefficient (Wildman–Crippen LogP) is 1.07. The summed E-state index contributed by atoms with van der Waals surface area (Å²) in [6, 6.07) is 2.00. The number of pyridine rings is 1. The number of esters is 1. The lowest BCUT2D eigenvalue weighted by Crippen LogP contribution is -2.38. The van der Waals surface area contributed by atoms with Crippen LogP contribution in [0.15, 0.2) is 18.5 Å². The van der Waals surface area contributed by atoms with Crippen molar-refractivity contribution in [3.05, 3.63) is 29.6 Å². The molecule has 0 spiro atoms. The summed E-state index contributed by atoms with van der Waals surface area (Å²) in [5.41, 5.74) is 7.04. The van der Waals surface area contributed by atoms with Crippen molar-refractivity contribution in [1.29, 1.82) is 0 Å². The van der Waals surface area contributed by atoms with Gasteiger partial charge in [0.15, 0.2) is 0 Å². The molecule has 1 rings (SSSR count). The molecule has 0 aromatic carbocycles. The fraction of sp³-hybridized carbons (Fsp3) is 0.500. The highest BCUT2D eigenvalue weighted by Gasteiger charge is 2.33. The quantitative estimate of drug-likeness (QED) is 0.774. The van der Waals surface area contributed by atoms with Gasteiger partial charge in [0, 0.05) is 18.9 Å². The van der Waals surface area contributed by atoms with Gasteiger partial charge in [-0.2, -0.15) is 0 Å². The molecule has 0 saturated heterocycles. The van der Waals surface area contributed by atoms with Crippen molar-refractivity contribution in [2.45, 2.75) is 20.3 Å². The molecule has 2 N–H and O–H groups in total. The normalized spacial score (nSPS) is 14.2. The van der Waals surface area contributed by atoms with Gasteiger partial charge in [-0.15, -0.1) is 0 Å². The fourth-order valence-corrected chi connectivity index (χ4v) is 1.64. The van der Waals surface area contributed by atoms with E-state index in [-0.39, 0.29) is 12.5 Å². The van der Waals surface area contributed by atoms with Gasteiger partial charge in [0.05, 0.1) is 12.5 Å². The molecule has 88 valence electrons. The second-order valence-electron chi connectivity index (χ2n) is 4.30. The van der Waals surface area contributed by atoms with Crippen LogP contribution in [0.3, 0.4) is 0 Å². The minimum absolute atomic E-state index is 0.258. The van der Waals surface area contributed by atoms with Crippen molar-refractivity contribution in [2.24, 2.45) is 11.1 Å². The maximum Gasteiger partial charge on any atom is 0.313 e. The number of nitrogens with two attached hydrogens (primary N) is 1. The van der Waals surface area contributed by atoms with E-state index in [2.05, 4.69) is 4.98 Å². The van der Waals surface area contributed by atoms with Gasteiger partial charge < -0.3 is 10.5 Å². The highest BCUT2D eigenvalue weighted by atomic mass is 16.5. The third-order valence-corrected chi connectivity index (χ3v) is 2.65. The summed E-state index contributed by atoms with van der Waals surface area (Å²) in [6.07, 6.45) is 4.08. The summed E-state index contributed by atoms with van der Waals surface area (Å²) in [5.74, 6) is -0.281. The lowest BCUT2D eigenvalue weighted by molar-refractivity contribution is -0.151. The molecule has 1 heterocycles. The maximum absolute atomic E-state index is 11.6. The number of rotatable bonds is 4. The van der Waals surface area contributed by atoms with E-state index in [1.54, 1.807) is 19.3 Å². The number of ether oxygens (including phenoxy) is 1. The number of methoxy groups -OCH3 is 1. The molecule has 1 unspecified atom stereocenters. The van der Waals surface area contributed by atoms with E-state index in [1.165, 1.54) is 7.11 Å². The van der Waals surface area contributed by atoms with Crippen LogP contribution in [0.2, 0.25) is 0 Å². The maximum atomic E-state index is 11.6. The SMILES string of the molecule is COC(=O)C(C)(CN)Cc1cncc(C)c1. The van der Waals surface area contributed by atoms with Crippen molar-refractivity contribution in [1.82, 2.24) is 4.98 Å². The Balaban J connectivity index is 2.89. The number of hydrogen-bond donors (Lipinski definition) is 1. The second kappa shape index (κ2) is 5.07. The number of nitrogens with zero attached hydrogens (tertiary/aromatic N) is 1. The van der Waals surface area contributed by atoms with Crippen LogP contribution in [0.1, 0.15) is 18.1 Å². The van der Waals surface area contributed by atoms with Crippen LogP contribution < -0.4 is 5.73 Å². The lowest BCUT2D eigenvalue weighted by atomic mass is 9.84. The van der Waals surface area contributed by atoms with E-state index in [0.29, 0.717) is 6.42 Å². The van der Waals surface area contributed by atoms with Crippen LogP contribution in [0.5, 0.6) is 0 Å². The van der Waals surface area contributed by atoms with E-state index < -0.39 is 5.41 Å². The van der Waals surface area contributed by atoms with Crippen molar-refractivity contribution < 1.29 is 9.53 Å². The standard InChI is InChI=1S/C12H18N2O2/c1-9-4-10(7-14-6-9)5-12(2,8-13)11(15)16-3/h4,6-7H,5,8,13H2,1-3H3. The van der Waals surface area contributed by atoms with Crippen molar-refractivity contribution in [3.8, 4) is 0 Å². The summed E-state index contributed by atoms with van der Waals surface area (Å²) in [7, 11) is 1.38. The Morgan fingerprint density at radius 3 is 2.75 bits per heavy atom. The summed E-state index contributed by atoms with van der Waals surface area (Å²) >= 11 is 0. The number of carbonyl (C=O) groups is 1. The molecule has 4 nitrogen and oxygen atoms in total. The van der Waals surface area contributed by atoms with Gasteiger partial charge in [0.1, 0.15) is 0 Å². The molecule has 0 aliphatic heterocycles. The van der Waals surface area contributed by atoms with Gasteiger partial charge in [0.25, 0.3) is 0 Å². The van der Waals surface area contributed by atoms with Crippen molar-refractivity contribution in [2.75, 3.05) is 13.7 Å². The van der Waals surface area contributed by atoms with E-state index >= 15 is 0 Å². The zero-order valence-electron chi connectivity index (χ0n) is 9.99. The number of carbonyl (C=O) groups excluding carboxylic acids is 1. The number of aromatic nitrogens is 1. The summed E-state index contributed by atoms with van der Waals surface area (Å²) in [4.78, 5) is 15.7. The first-order chi connectivity index (χ1) is 7.51. The van der Waals surface area contributed by atoms with Crippen molar-refractivity contribution >= 4 is 5.97 Å². The van der Waals surface area contributed by atoms with E-state index in [9.17, 15) is 4.79 Å². The van der Waals surface area contributed by atoms with Crippen LogP contribution in [-0.2, 0) is 16.0 Å². The molecule has 0 bridgehead atoms. The van der Waals surface area contributed by atoms with Crippen LogP contribution in [0.4, 0.5) is 0 Å². The van der Waals surface area contributed by atoms with Crippen LogP contribution in [0.25, 0.3) is 0 Å². The largest absolute Gasteiger partial charge is 0.469 e. The Bertz CT molecular complexity index is 379. The third-order valence-electron chi connectivity index (χ3n) is 2.65. The van der Waals surface area contributed by atoms with Crippen LogP contribution in [-0.4, -0.2) is 24.6 Å². The minimum atomic E-state index is -0.676. The van der Waals surface area contributed by atoms with Gasteiger partial charge in [0.2, 0.25) is 0 Å². The molecule has 0 aliphatic rings. The topological polar surface area (TPSA) is 65.2 Å². The molecule has 1 aromatic heterocycles. The Morgan fingerprint density at radius 2 is 2.25 bits per heavy atom. The van der Waals surface area contributed by atoms with Crippen LogP contribution in [0, 0.1) is 12.3 Å². The molecule has 0 aliphatic carbocycles. The molecule has 0 saturated carbocycles. The molecular weight excluding hydrogens is 204 g/mol. The first kappa shape index (κ1) is 12.6.